The van der Waals surface area contributed by atoms with Gasteiger partial charge in [0.2, 0.25) is 11.0 Å². The van der Waals surface area contributed by atoms with Gasteiger partial charge in [0.1, 0.15) is 11.9 Å². The topological polar surface area (TPSA) is 81.8 Å². The van der Waals surface area contributed by atoms with Crippen molar-refractivity contribution in [1.29, 1.82) is 0 Å². The summed E-state index contributed by atoms with van der Waals surface area (Å²) < 4.78 is 13.5. The number of rotatable bonds is 6. The standard InChI is InChI=1S/C26H23FN4O3S/c1-16-8-13-21(17(2)14-16)28-23(32)15-22-25(34)30(20-11-9-19(27)10-12-20)26(35)31(22)29-24(33)18-6-4-3-5-7-18/h3-14,22H,15H2,1-2H3,(H,28,32)(H,29,33). The molecule has 9 heteroatoms. The molecule has 1 fully saturated rings. The molecular formula is C26H23FN4O3S. The summed E-state index contributed by atoms with van der Waals surface area (Å²) in [6.45, 7) is 3.83. The lowest BCUT2D eigenvalue weighted by Crippen LogP contribution is -2.49. The van der Waals surface area contributed by atoms with Crippen LogP contribution >= 0.6 is 12.2 Å². The maximum absolute atomic E-state index is 13.5. The SMILES string of the molecule is Cc1ccc(NC(=O)CC2C(=O)N(c3ccc(F)cc3)C(=S)N2NC(=O)c2ccccc2)c(C)c1. The van der Waals surface area contributed by atoms with Crippen LogP contribution in [0.4, 0.5) is 15.8 Å². The zero-order valence-corrected chi connectivity index (χ0v) is 19.9. The van der Waals surface area contributed by atoms with Crippen LogP contribution in [0, 0.1) is 19.7 Å². The summed E-state index contributed by atoms with van der Waals surface area (Å²) >= 11 is 5.51. The first-order valence-corrected chi connectivity index (χ1v) is 11.3. The number of hydrazine groups is 1. The molecule has 3 aromatic rings. The lowest BCUT2D eigenvalue weighted by molar-refractivity contribution is -0.124. The molecule has 1 unspecified atom stereocenters. The van der Waals surface area contributed by atoms with Gasteiger partial charge >= 0.3 is 0 Å². The summed E-state index contributed by atoms with van der Waals surface area (Å²) in [4.78, 5) is 40.4. The molecule has 0 aromatic heterocycles. The Kier molecular flexibility index (Phi) is 6.88. The third kappa shape index (κ3) is 5.20. The number of thiocarbonyl (C=S) groups is 1. The molecule has 1 saturated heterocycles. The molecule has 3 amide bonds. The van der Waals surface area contributed by atoms with E-state index in [1.165, 1.54) is 34.2 Å². The van der Waals surface area contributed by atoms with Crippen LogP contribution in [-0.2, 0) is 9.59 Å². The number of hydrogen-bond acceptors (Lipinski definition) is 4. The summed E-state index contributed by atoms with van der Waals surface area (Å²) in [5.74, 6) is -1.88. The number of anilines is 2. The molecule has 1 aliphatic heterocycles. The van der Waals surface area contributed by atoms with Crippen molar-refractivity contribution in [3.63, 3.8) is 0 Å². The number of carbonyl (C=O) groups is 3. The highest BCUT2D eigenvalue weighted by Crippen LogP contribution is 2.27. The van der Waals surface area contributed by atoms with Gasteiger partial charge in [0.05, 0.1) is 12.1 Å². The van der Waals surface area contributed by atoms with Crippen LogP contribution in [0.5, 0.6) is 0 Å². The molecule has 1 atom stereocenters. The minimum Gasteiger partial charge on any atom is -0.326 e. The van der Waals surface area contributed by atoms with Gasteiger partial charge in [-0.1, -0.05) is 35.9 Å². The van der Waals surface area contributed by atoms with Gasteiger partial charge < -0.3 is 5.32 Å². The molecule has 0 saturated carbocycles. The number of amides is 3. The van der Waals surface area contributed by atoms with Crippen molar-refractivity contribution in [2.24, 2.45) is 0 Å². The molecule has 178 valence electrons. The Hall–Kier alpha value is -4.11. The highest BCUT2D eigenvalue weighted by molar-refractivity contribution is 7.80. The fourth-order valence-electron chi connectivity index (χ4n) is 3.82. The van der Waals surface area contributed by atoms with Gasteiger partial charge in [-0.25, -0.2) is 9.40 Å². The number of aryl methyl sites for hydroxylation is 2. The number of halogens is 1. The van der Waals surface area contributed by atoms with Crippen molar-refractivity contribution in [3.8, 4) is 0 Å². The second-order valence-electron chi connectivity index (χ2n) is 8.20. The summed E-state index contributed by atoms with van der Waals surface area (Å²) in [5, 5.41) is 4.03. The average molecular weight is 491 g/mol. The number of nitrogens with zero attached hydrogens (tertiary/aromatic N) is 2. The van der Waals surface area contributed by atoms with Crippen LogP contribution in [0.2, 0.25) is 0 Å². The molecule has 0 bridgehead atoms. The van der Waals surface area contributed by atoms with Gasteiger partial charge in [-0.2, -0.15) is 0 Å². The van der Waals surface area contributed by atoms with E-state index in [-0.39, 0.29) is 11.5 Å². The van der Waals surface area contributed by atoms with Crippen molar-refractivity contribution in [2.45, 2.75) is 26.3 Å². The van der Waals surface area contributed by atoms with Crippen LogP contribution in [0.1, 0.15) is 27.9 Å². The van der Waals surface area contributed by atoms with Crippen molar-refractivity contribution in [2.75, 3.05) is 10.2 Å². The Morgan fingerprint density at radius 2 is 1.69 bits per heavy atom. The number of hydrogen-bond donors (Lipinski definition) is 2. The molecule has 3 aromatic carbocycles. The van der Waals surface area contributed by atoms with Gasteiger partial charge in [-0.05, 0) is 74.1 Å². The van der Waals surface area contributed by atoms with Crippen LogP contribution in [0.25, 0.3) is 0 Å². The predicted molar refractivity (Wildman–Crippen MR) is 135 cm³/mol. The maximum atomic E-state index is 13.5. The van der Waals surface area contributed by atoms with E-state index in [0.29, 0.717) is 16.9 Å². The second kappa shape index (κ2) is 10.0. The third-order valence-corrected chi connectivity index (χ3v) is 5.97. The Labute approximate surface area is 207 Å². The monoisotopic (exact) mass is 490 g/mol. The summed E-state index contributed by atoms with van der Waals surface area (Å²) in [6.07, 6.45) is -0.265. The maximum Gasteiger partial charge on any atom is 0.269 e. The largest absolute Gasteiger partial charge is 0.326 e. The minimum atomic E-state index is -1.09. The van der Waals surface area contributed by atoms with E-state index in [9.17, 15) is 18.8 Å². The summed E-state index contributed by atoms with van der Waals surface area (Å²) in [7, 11) is 0. The van der Waals surface area contributed by atoms with Crippen molar-refractivity contribution < 1.29 is 18.8 Å². The Bertz CT molecular complexity index is 1300. The summed E-state index contributed by atoms with van der Waals surface area (Å²) in [6, 6.07) is 18.2. The smallest absolute Gasteiger partial charge is 0.269 e. The molecular weight excluding hydrogens is 467 g/mol. The highest BCUT2D eigenvalue weighted by atomic mass is 32.1. The number of nitrogens with one attached hydrogen (secondary N) is 2. The van der Waals surface area contributed by atoms with Gasteiger partial charge in [-0.15, -0.1) is 0 Å². The zero-order chi connectivity index (χ0) is 25.1. The predicted octanol–water partition coefficient (Wildman–Crippen LogP) is 4.12. The first kappa shape index (κ1) is 24.0. The molecule has 7 nitrogen and oxygen atoms in total. The minimum absolute atomic E-state index is 0.0183. The fourth-order valence-corrected chi connectivity index (χ4v) is 4.19. The molecule has 35 heavy (non-hydrogen) atoms. The first-order chi connectivity index (χ1) is 16.7. The zero-order valence-electron chi connectivity index (χ0n) is 19.1. The van der Waals surface area contributed by atoms with Gasteiger partial charge in [0.25, 0.3) is 11.8 Å². The molecule has 1 aliphatic rings. The van der Waals surface area contributed by atoms with Crippen LogP contribution < -0.4 is 15.6 Å². The van der Waals surface area contributed by atoms with Gasteiger partial charge in [0.15, 0.2) is 0 Å². The fraction of sp³-hybridized carbons (Fsp3) is 0.154. The molecule has 0 aliphatic carbocycles. The molecule has 1 heterocycles. The molecule has 0 spiro atoms. The highest BCUT2D eigenvalue weighted by Gasteiger charge is 2.45. The van der Waals surface area contributed by atoms with E-state index in [2.05, 4.69) is 10.7 Å². The second-order valence-corrected chi connectivity index (χ2v) is 8.56. The van der Waals surface area contributed by atoms with E-state index in [1.807, 2.05) is 26.0 Å². The quantitative estimate of drug-likeness (QED) is 0.508. The Morgan fingerprint density at radius 3 is 2.34 bits per heavy atom. The van der Waals surface area contributed by atoms with Crippen LogP contribution in [0.3, 0.4) is 0 Å². The van der Waals surface area contributed by atoms with E-state index in [1.54, 1.807) is 36.4 Å². The Morgan fingerprint density at radius 1 is 1.00 bits per heavy atom. The van der Waals surface area contributed by atoms with Gasteiger partial charge in [-0.3, -0.25) is 24.7 Å². The van der Waals surface area contributed by atoms with Gasteiger partial charge in [0, 0.05) is 11.3 Å². The molecule has 0 radical (unpaired) electrons. The van der Waals surface area contributed by atoms with E-state index in [0.717, 1.165) is 11.1 Å². The number of carbonyl (C=O) groups excluding carboxylic acids is 3. The number of benzene rings is 3. The van der Waals surface area contributed by atoms with Crippen molar-refractivity contribution in [3.05, 3.63) is 95.3 Å². The molecule has 4 rings (SSSR count). The van der Waals surface area contributed by atoms with Crippen LogP contribution in [0.15, 0.2) is 72.8 Å². The van der Waals surface area contributed by atoms with Crippen molar-refractivity contribution >= 4 is 46.4 Å². The third-order valence-electron chi connectivity index (χ3n) is 5.59. The van der Waals surface area contributed by atoms with Crippen LogP contribution in [-0.4, -0.2) is 33.9 Å². The summed E-state index contributed by atoms with van der Waals surface area (Å²) in [5.41, 5.74) is 5.92. The lowest BCUT2D eigenvalue weighted by atomic mass is 10.1. The van der Waals surface area contributed by atoms with E-state index < -0.39 is 29.6 Å². The first-order valence-electron chi connectivity index (χ1n) is 10.9. The average Bonchev–Trinajstić information content (AvgIpc) is 3.06. The normalized spacial score (nSPS) is 15.3. The molecule has 2 N–H and O–H groups in total. The Balaban J connectivity index is 1.60. The van der Waals surface area contributed by atoms with Crippen molar-refractivity contribution in [1.82, 2.24) is 10.4 Å². The van der Waals surface area contributed by atoms with E-state index >= 15 is 0 Å². The van der Waals surface area contributed by atoms with E-state index in [4.69, 9.17) is 12.2 Å². The lowest BCUT2D eigenvalue weighted by Gasteiger charge is -2.24.